The van der Waals surface area contributed by atoms with Gasteiger partial charge in [-0.3, -0.25) is 0 Å². The van der Waals surface area contributed by atoms with E-state index in [2.05, 4.69) is 21.6 Å². The highest BCUT2D eigenvalue weighted by Crippen LogP contribution is 2.23. The van der Waals surface area contributed by atoms with E-state index < -0.39 is 24.9 Å². The predicted molar refractivity (Wildman–Crippen MR) is 92.4 cm³/mol. The van der Waals surface area contributed by atoms with Gasteiger partial charge in [-0.05, 0) is 23.6 Å². The first-order valence-electron chi connectivity index (χ1n) is 8.24. The SMILES string of the molecule is CCCc1cnc(-c2ccc(C=CC(=O)OCC(F)(F)C(F)F)cc2)nc1. The van der Waals surface area contributed by atoms with E-state index in [0.29, 0.717) is 11.4 Å². The van der Waals surface area contributed by atoms with Gasteiger partial charge in [-0.1, -0.05) is 37.6 Å². The molecular weight excluding hydrogens is 364 g/mol. The number of rotatable bonds is 8. The van der Waals surface area contributed by atoms with Gasteiger partial charge in [-0.25, -0.2) is 23.5 Å². The summed E-state index contributed by atoms with van der Waals surface area (Å²) in [6.45, 7) is 0.401. The second-order valence-electron chi connectivity index (χ2n) is 5.79. The molecule has 2 rings (SSSR count). The van der Waals surface area contributed by atoms with Crippen LogP contribution < -0.4 is 0 Å². The Morgan fingerprint density at radius 2 is 1.81 bits per heavy atom. The van der Waals surface area contributed by atoms with Gasteiger partial charge in [-0.15, -0.1) is 0 Å². The van der Waals surface area contributed by atoms with E-state index in [9.17, 15) is 22.4 Å². The number of alkyl halides is 4. The van der Waals surface area contributed by atoms with Crippen molar-refractivity contribution in [2.45, 2.75) is 32.1 Å². The monoisotopic (exact) mass is 382 g/mol. The molecule has 1 aromatic carbocycles. The summed E-state index contributed by atoms with van der Waals surface area (Å²) in [5.74, 6) is -4.94. The third-order valence-corrected chi connectivity index (χ3v) is 3.55. The summed E-state index contributed by atoms with van der Waals surface area (Å²) >= 11 is 0. The van der Waals surface area contributed by atoms with Crippen LogP contribution in [0.1, 0.15) is 24.5 Å². The topological polar surface area (TPSA) is 52.1 Å². The molecule has 0 N–H and O–H groups in total. The lowest BCUT2D eigenvalue weighted by Gasteiger charge is -2.14. The molecule has 0 spiro atoms. The number of aromatic nitrogens is 2. The van der Waals surface area contributed by atoms with Crippen LogP contribution in [0.3, 0.4) is 0 Å². The number of aryl methyl sites for hydroxylation is 1. The molecule has 0 aliphatic rings. The number of nitrogens with zero attached hydrogens (tertiary/aromatic N) is 2. The molecule has 0 amide bonds. The van der Waals surface area contributed by atoms with Crippen molar-refractivity contribution in [2.75, 3.05) is 6.61 Å². The number of carbonyl (C=O) groups excluding carboxylic acids is 1. The van der Waals surface area contributed by atoms with E-state index in [-0.39, 0.29) is 0 Å². The Hall–Kier alpha value is -2.77. The Morgan fingerprint density at radius 3 is 2.37 bits per heavy atom. The first-order valence-corrected chi connectivity index (χ1v) is 8.24. The maximum absolute atomic E-state index is 12.7. The normalized spacial score (nSPS) is 11.9. The highest BCUT2D eigenvalue weighted by atomic mass is 19.3. The van der Waals surface area contributed by atoms with Gasteiger partial charge >= 0.3 is 18.3 Å². The van der Waals surface area contributed by atoms with Gasteiger partial charge in [0.2, 0.25) is 0 Å². The van der Waals surface area contributed by atoms with E-state index in [0.717, 1.165) is 30.0 Å². The minimum Gasteiger partial charge on any atom is -0.456 e. The highest BCUT2D eigenvalue weighted by Gasteiger charge is 2.42. The Bertz CT molecular complexity index is 775. The first-order chi connectivity index (χ1) is 12.8. The van der Waals surface area contributed by atoms with Crippen LogP contribution >= 0.6 is 0 Å². The van der Waals surface area contributed by atoms with Crippen molar-refractivity contribution in [1.29, 1.82) is 0 Å². The number of carbonyl (C=O) groups is 1. The maximum Gasteiger partial charge on any atom is 0.340 e. The molecule has 0 saturated carbocycles. The third kappa shape index (κ3) is 6.16. The second kappa shape index (κ2) is 9.25. The predicted octanol–water partition coefficient (Wildman–Crippen LogP) is 4.55. The Labute approximate surface area is 153 Å². The van der Waals surface area contributed by atoms with Gasteiger partial charge in [-0.2, -0.15) is 8.78 Å². The first kappa shape index (κ1) is 20.5. The summed E-state index contributed by atoms with van der Waals surface area (Å²) in [4.78, 5) is 19.9. The largest absolute Gasteiger partial charge is 0.456 e. The number of hydrogen-bond acceptors (Lipinski definition) is 4. The van der Waals surface area contributed by atoms with Crippen LogP contribution in [0.2, 0.25) is 0 Å². The molecule has 0 fully saturated rings. The maximum atomic E-state index is 12.7. The van der Waals surface area contributed by atoms with Gasteiger partial charge in [0.05, 0.1) is 0 Å². The molecule has 0 aliphatic carbocycles. The summed E-state index contributed by atoms with van der Waals surface area (Å²) in [6.07, 6.45) is 3.79. The summed E-state index contributed by atoms with van der Waals surface area (Å²) < 4.78 is 53.5. The molecule has 27 heavy (non-hydrogen) atoms. The van der Waals surface area contributed by atoms with Crippen molar-refractivity contribution in [2.24, 2.45) is 0 Å². The average molecular weight is 382 g/mol. The fraction of sp³-hybridized carbons (Fsp3) is 0.316. The quantitative estimate of drug-likeness (QED) is 0.382. The third-order valence-electron chi connectivity index (χ3n) is 3.55. The molecule has 4 nitrogen and oxygen atoms in total. The van der Waals surface area contributed by atoms with Gasteiger partial charge in [0, 0.05) is 24.0 Å². The van der Waals surface area contributed by atoms with Crippen LogP contribution in [0.25, 0.3) is 17.5 Å². The van der Waals surface area contributed by atoms with Crippen molar-refractivity contribution < 1.29 is 27.1 Å². The summed E-state index contributed by atoms with van der Waals surface area (Å²) in [6, 6.07) is 6.84. The van der Waals surface area contributed by atoms with Crippen molar-refractivity contribution in [3.05, 3.63) is 53.9 Å². The Morgan fingerprint density at radius 1 is 1.19 bits per heavy atom. The number of benzene rings is 1. The standard InChI is InChI=1S/C19H18F4N2O2/c1-2-3-14-10-24-17(25-11-14)15-7-4-13(5-8-15)6-9-16(26)27-12-19(22,23)18(20)21/h4-11,18H,2-3,12H2,1H3. The van der Waals surface area contributed by atoms with Crippen molar-refractivity contribution in [3.63, 3.8) is 0 Å². The lowest BCUT2D eigenvalue weighted by Crippen LogP contribution is -2.33. The molecule has 0 bridgehead atoms. The van der Waals surface area contributed by atoms with E-state index in [1.807, 2.05) is 0 Å². The van der Waals surface area contributed by atoms with E-state index in [1.54, 1.807) is 36.7 Å². The number of esters is 1. The molecular formula is C19H18F4N2O2. The molecule has 2 aromatic rings. The van der Waals surface area contributed by atoms with Crippen molar-refractivity contribution >= 4 is 12.0 Å². The smallest absolute Gasteiger partial charge is 0.340 e. The Kier molecular flexibility index (Phi) is 7.04. The van der Waals surface area contributed by atoms with Gasteiger partial charge in [0.25, 0.3) is 0 Å². The van der Waals surface area contributed by atoms with Gasteiger partial charge < -0.3 is 4.74 Å². The van der Waals surface area contributed by atoms with E-state index >= 15 is 0 Å². The zero-order valence-corrected chi connectivity index (χ0v) is 14.5. The molecule has 8 heteroatoms. The molecule has 0 atom stereocenters. The molecule has 1 aromatic heterocycles. The van der Waals surface area contributed by atoms with Crippen LogP contribution in [0.4, 0.5) is 17.6 Å². The van der Waals surface area contributed by atoms with Crippen LogP contribution in [0, 0.1) is 0 Å². The van der Waals surface area contributed by atoms with Crippen LogP contribution in [0.15, 0.2) is 42.7 Å². The number of ether oxygens (including phenoxy) is 1. The summed E-state index contributed by atoms with van der Waals surface area (Å²) in [5, 5.41) is 0. The fourth-order valence-electron chi connectivity index (χ4n) is 2.11. The zero-order valence-electron chi connectivity index (χ0n) is 14.5. The van der Waals surface area contributed by atoms with Gasteiger partial charge in [0.1, 0.15) is 0 Å². The molecule has 144 valence electrons. The number of halogens is 4. The zero-order chi connectivity index (χ0) is 19.9. The van der Waals surface area contributed by atoms with E-state index in [1.165, 1.54) is 6.08 Å². The lowest BCUT2D eigenvalue weighted by atomic mass is 10.1. The summed E-state index contributed by atoms with van der Waals surface area (Å²) in [7, 11) is 0. The molecule has 0 radical (unpaired) electrons. The minimum atomic E-state index is -4.36. The highest BCUT2D eigenvalue weighted by molar-refractivity contribution is 5.87. The van der Waals surface area contributed by atoms with Crippen molar-refractivity contribution in [1.82, 2.24) is 9.97 Å². The molecule has 1 heterocycles. The van der Waals surface area contributed by atoms with Crippen LogP contribution in [-0.2, 0) is 16.0 Å². The molecule has 0 unspecified atom stereocenters. The van der Waals surface area contributed by atoms with Crippen molar-refractivity contribution in [3.8, 4) is 11.4 Å². The number of hydrogen-bond donors (Lipinski definition) is 0. The average Bonchev–Trinajstić information content (AvgIpc) is 2.66. The summed E-state index contributed by atoms with van der Waals surface area (Å²) in [5.41, 5.74) is 2.42. The Balaban J connectivity index is 1.94. The van der Waals surface area contributed by atoms with Crippen LogP contribution in [-0.4, -0.2) is 34.9 Å². The van der Waals surface area contributed by atoms with Crippen LogP contribution in [0.5, 0.6) is 0 Å². The molecule has 0 saturated heterocycles. The second-order valence-corrected chi connectivity index (χ2v) is 5.79. The van der Waals surface area contributed by atoms with E-state index in [4.69, 9.17) is 0 Å². The lowest BCUT2D eigenvalue weighted by molar-refractivity contribution is -0.175. The minimum absolute atomic E-state index is 0.555. The van der Waals surface area contributed by atoms with Gasteiger partial charge in [0.15, 0.2) is 12.4 Å². The molecule has 0 aliphatic heterocycles. The fourth-order valence-corrected chi connectivity index (χ4v) is 2.11.